The number of benzene rings is 1. The first-order valence-corrected chi connectivity index (χ1v) is 6.72. The Labute approximate surface area is 118 Å². The molecule has 2 nitrogen and oxygen atoms in total. The number of hydrogen-bond acceptors (Lipinski definition) is 2. The summed E-state index contributed by atoms with van der Waals surface area (Å²) in [5.41, 5.74) is 1.81. The third-order valence-electron chi connectivity index (χ3n) is 2.99. The van der Waals surface area contributed by atoms with Crippen LogP contribution in [0.15, 0.2) is 24.3 Å². The van der Waals surface area contributed by atoms with Crippen molar-refractivity contribution in [2.75, 3.05) is 6.54 Å². The SMILES string of the molecule is Cc1ccc(C(CNC(C)C)OC(C)C(F)(F)F)cc1. The number of nitrogens with one attached hydrogen (secondary N) is 1. The number of halogens is 3. The summed E-state index contributed by atoms with van der Waals surface area (Å²) in [6, 6.07) is 7.56. The molecule has 0 fully saturated rings. The van der Waals surface area contributed by atoms with Gasteiger partial charge in [-0.3, -0.25) is 0 Å². The Morgan fingerprint density at radius 2 is 1.65 bits per heavy atom. The summed E-state index contributed by atoms with van der Waals surface area (Å²) in [6.45, 7) is 7.21. The number of hydrogen-bond donors (Lipinski definition) is 1. The second kappa shape index (κ2) is 7.09. The molecule has 0 saturated carbocycles. The van der Waals surface area contributed by atoms with E-state index in [2.05, 4.69) is 5.32 Å². The molecule has 0 aliphatic rings. The zero-order valence-electron chi connectivity index (χ0n) is 12.3. The molecular weight excluding hydrogens is 267 g/mol. The van der Waals surface area contributed by atoms with Gasteiger partial charge in [-0.25, -0.2) is 0 Å². The first kappa shape index (κ1) is 17.0. The lowest BCUT2D eigenvalue weighted by Crippen LogP contribution is -2.35. The fourth-order valence-corrected chi connectivity index (χ4v) is 1.69. The molecule has 1 aromatic carbocycles. The van der Waals surface area contributed by atoms with Crippen LogP contribution in [0.2, 0.25) is 0 Å². The summed E-state index contributed by atoms with van der Waals surface area (Å²) in [5, 5.41) is 3.12. The van der Waals surface area contributed by atoms with Gasteiger partial charge in [0.05, 0.1) is 6.10 Å². The van der Waals surface area contributed by atoms with Crippen LogP contribution in [-0.4, -0.2) is 24.9 Å². The van der Waals surface area contributed by atoms with Gasteiger partial charge in [-0.05, 0) is 19.4 Å². The summed E-state index contributed by atoms with van der Waals surface area (Å²) in [4.78, 5) is 0. The zero-order valence-corrected chi connectivity index (χ0v) is 12.3. The lowest BCUT2D eigenvalue weighted by atomic mass is 10.1. The molecule has 0 aromatic heterocycles. The van der Waals surface area contributed by atoms with E-state index in [4.69, 9.17) is 4.74 Å². The quantitative estimate of drug-likeness (QED) is 0.854. The van der Waals surface area contributed by atoms with Gasteiger partial charge in [0.1, 0.15) is 0 Å². The fraction of sp³-hybridized carbons (Fsp3) is 0.600. The first-order chi connectivity index (χ1) is 9.20. The minimum atomic E-state index is -4.35. The highest BCUT2D eigenvalue weighted by atomic mass is 19.4. The number of ether oxygens (including phenoxy) is 1. The highest BCUT2D eigenvalue weighted by Gasteiger charge is 2.38. The van der Waals surface area contributed by atoms with Crippen molar-refractivity contribution in [3.63, 3.8) is 0 Å². The van der Waals surface area contributed by atoms with E-state index in [1.807, 2.05) is 45.0 Å². The molecule has 0 heterocycles. The summed E-state index contributed by atoms with van der Waals surface area (Å²) >= 11 is 0. The van der Waals surface area contributed by atoms with Gasteiger partial charge in [0.2, 0.25) is 0 Å². The Hall–Kier alpha value is -1.07. The Kier molecular flexibility index (Phi) is 6.02. The molecule has 0 aliphatic carbocycles. The van der Waals surface area contributed by atoms with E-state index in [-0.39, 0.29) is 6.04 Å². The van der Waals surface area contributed by atoms with Crippen molar-refractivity contribution < 1.29 is 17.9 Å². The lowest BCUT2D eigenvalue weighted by Gasteiger charge is -2.25. The van der Waals surface area contributed by atoms with Crippen molar-refractivity contribution in [2.45, 2.75) is 52.1 Å². The van der Waals surface area contributed by atoms with E-state index < -0.39 is 18.4 Å². The van der Waals surface area contributed by atoms with E-state index in [1.54, 1.807) is 0 Å². The van der Waals surface area contributed by atoms with E-state index in [0.717, 1.165) is 18.1 Å². The van der Waals surface area contributed by atoms with Crippen LogP contribution in [0.3, 0.4) is 0 Å². The Bertz CT molecular complexity index is 401. The van der Waals surface area contributed by atoms with E-state index in [0.29, 0.717) is 6.54 Å². The monoisotopic (exact) mass is 289 g/mol. The maximum atomic E-state index is 12.6. The third-order valence-corrected chi connectivity index (χ3v) is 2.99. The topological polar surface area (TPSA) is 21.3 Å². The highest BCUT2D eigenvalue weighted by Crippen LogP contribution is 2.28. The Morgan fingerprint density at radius 1 is 1.10 bits per heavy atom. The van der Waals surface area contributed by atoms with Gasteiger partial charge in [-0.2, -0.15) is 13.2 Å². The predicted molar refractivity (Wildman–Crippen MR) is 73.7 cm³/mol. The van der Waals surface area contributed by atoms with Crippen LogP contribution in [0.4, 0.5) is 13.2 Å². The van der Waals surface area contributed by atoms with Crippen molar-refractivity contribution >= 4 is 0 Å². The maximum absolute atomic E-state index is 12.6. The van der Waals surface area contributed by atoms with Crippen LogP contribution in [0.5, 0.6) is 0 Å². The van der Waals surface area contributed by atoms with Crippen molar-refractivity contribution in [2.24, 2.45) is 0 Å². The molecule has 0 bridgehead atoms. The smallest absolute Gasteiger partial charge is 0.360 e. The molecular formula is C15H22F3NO. The van der Waals surface area contributed by atoms with Gasteiger partial charge in [-0.1, -0.05) is 43.7 Å². The minimum absolute atomic E-state index is 0.188. The molecule has 0 saturated heterocycles. The average Bonchev–Trinajstić information content (AvgIpc) is 2.34. The summed E-state index contributed by atoms with van der Waals surface area (Å²) < 4.78 is 43.1. The van der Waals surface area contributed by atoms with Crippen molar-refractivity contribution in [3.05, 3.63) is 35.4 Å². The largest absolute Gasteiger partial charge is 0.414 e. The van der Waals surface area contributed by atoms with Gasteiger partial charge in [0.25, 0.3) is 0 Å². The second-order valence-corrected chi connectivity index (χ2v) is 5.28. The second-order valence-electron chi connectivity index (χ2n) is 5.28. The molecule has 0 spiro atoms. The highest BCUT2D eigenvalue weighted by molar-refractivity contribution is 5.23. The predicted octanol–water partition coefficient (Wildman–Crippen LogP) is 4.00. The molecule has 1 N–H and O–H groups in total. The molecule has 1 aromatic rings. The Morgan fingerprint density at radius 3 is 2.10 bits per heavy atom. The molecule has 20 heavy (non-hydrogen) atoms. The normalized spacial score (nSPS) is 15.4. The van der Waals surface area contributed by atoms with Crippen LogP contribution < -0.4 is 5.32 Å². The van der Waals surface area contributed by atoms with Crippen molar-refractivity contribution in [1.82, 2.24) is 5.32 Å². The molecule has 114 valence electrons. The summed E-state index contributed by atoms with van der Waals surface area (Å²) in [5.74, 6) is 0. The number of alkyl halides is 3. The van der Waals surface area contributed by atoms with Crippen LogP contribution in [0.25, 0.3) is 0 Å². The van der Waals surface area contributed by atoms with E-state index in [9.17, 15) is 13.2 Å². The number of aryl methyl sites for hydroxylation is 1. The van der Waals surface area contributed by atoms with Gasteiger partial charge in [0, 0.05) is 12.6 Å². The van der Waals surface area contributed by atoms with Crippen LogP contribution in [-0.2, 0) is 4.74 Å². The fourth-order valence-electron chi connectivity index (χ4n) is 1.69. The standard InChI is InChI=1S/C15H22F3NO/c1-10(2)19-9-14(20-12(4)15(16,17)18)13-7-5-11(3)6-8-13/h5-8,10,12,14,19H,9H2,1-4H3. The van der Waals surface area contributed by atoms with Crippen LogP contribution >= 0.6 is 0 Å². The van der Waals surface area contributed by atoms with Gasteiger partial charge >= 0.3 is 6.18 Å². The zero-order chi connectivity index (χ0) is 15.3. The van der Waals surface area contributed by atoms with Gasteiger partial charge < -0.3 is 10.1 Å². The van der Waals surface area contributed by atoms with Crippen LogP contribution in [0.1, 0.15) is 38.0 Å². The Balaban J connectivity index is 2.82. The van der Waals surface area contributed by atoms with Crippen LogP contribution in [0, 0.1) is 6.92 Å². The summed E-state index contributed by atoms with van der Waals surface area (Å²) in [6.07, 6.45) is -6.75. The molecule has 0 aliphatic heterocycles. The minimum Gasteiger partial charge on any atom is -0.360 e. The molecule has 2 atom stereocenters. The van der Waals surface area contributed by atoms with Crippen molar-refractivity contribution in [1.29, 1.82) is 0 Å². The molecule has 0 radical (unpaired) electrons. The van der Waals surface area contributed by atoms with E-state index in [1.165, 1.54) is 0 Å². The summed E-state index contributed by atoms with van der Waals surface area (Å²) in [7, 11) is 0. The van der Waals surface area contributed by atoms with E-state index >= 15 is 0 Å². The van der Waals surface area contributed by atoms with Gasteiger partial charge in [-0.15, -0.1) is 0 Å². The third kappa shape index (κ3) is 5.51. The van der Waals surface area contributed by atoms with Gasteiger partial charge in [0.15, 0.2) is 6.10 Å². The number of rotatable bonds is 6. The molecule has 1 rings (SSSR count). The molecule has 2 unspecified atom stereocenters. The lowest BCUT2D eigenvalue weighted by molar-refractivity contribution is -0.227. The van der Waals surface area contributed by atoms with Crippen molar-refractivity contribution in [3.8, 4) is 0 Å². The molecule has 5 heteroatoms. The average molecular weight is 289 g/mol. The first-order valence-electron chi connectivity index (χ1n) is 6.72. The maximum Gasteiger partial charge on any atom is 0.414 e. The molecule has 0 amide bonds.